The van der Waals surface area contributed by atoms with Gasteiger partial charge in [0.25, 0.3) is 0 Å². The first-order chi connectivity index (χ1) is 9.28. The summed E-state index contributed by atoms with van der Waals surface area (Å²) >= 11 is 9.51. The first-order valence-electron chi connectivity index (χ1n) is 6.72. The van der Waals surface area contributed by atoms with E-state index in [1.165, 1.54) is 0 Å². The molecule has 2 rings (SSSR count). The molecule has 3 nitrogen and oxygen atoms in total. The Bertz CT molecular complexity index is 513. The normalized spacial score (nSPS) is 19.2. The fourth-order valence-corrected chi connectivity index (χ4v) is 3.35. The van der Waals surface area contributed by atoms with Gasteiger partial charge in [-0.2, -0.15) is 0 Å². The number of hydrogen-bond acceptors (Lipinski definition) is 2. The molecule has 5 heteroatoms. The smallest absolute Gasteiger partial charge is 0.410 e. The van der Waals surface area contributed by atoms with Crippen LogP contribution in [0.3, 0.4) is 0 Å². The zero-order valence-electron chi connectivity index (χ0n) is 12.0. The number of carbonyl (C=O) groups is 1. The minimum Gasteiger partial charge on any atom is -0.444 e. The number of halogens is 2. The Morgan fingerprint density at radius 1 is 1.45 bits per heavy atom. The molecule has 20 heavy (non-hydrogen) atoms. The fraction of sp³-hybridized carbons (Fsp3) is 0.533. The summed E-state index contributed by atoms with van der Waals surface area (Å²) in [6, 6.07) is 5.74. The third-order valence-electron chi connectivity index (χ3n) is 3.20. The molecule has 1 atom stereocenters. The van der Waals surface area contributed by atoms with Crippen molar-refractivity contribution in [2.24, 2.45) is 0 Å². The van der Waals surface area contributed by atoms with Crippen molar-refractivity contribution < 1.29 is 9.53 Å². The van der Waals surface area contributed by atoms with E-state index >= 15 is 0 Å². The lowest BCUT2D eigenvalue weighted by molar-refractivity contribution is 0.0224. The lowest BCUT2D eigenvalue weighted by Crippen LogP contribution is -2.36. The average Bonchev–Trinajstić information content (AvgIpc) is 2.75. The molecular formula is C15H19BrClNO2. The number of carbonyl (C=O) groups excluding carboxylic acids is 1. The van der Waals surface area contributed by atoms with Crippen molar-refractivity contribution in [3.63, 3.8) is 0 Å². The molecule has 1 fully saturated rings. The number of nitrogens with zero attached hydrogens (tertiary/aromatic N) is 1. The maximum absolute atomic E-state index is 12.3. The summed E-state index contributed by atoms with van der Waals surface area (Å²) in [4.78, 5) is 14.1. The van der Waals surface area contributed by atoms with Gasteiger partial charge in [0.05, 0.1) is 6.04 Å². The third-order valence-corrected chi connectivity index (χ3v) is 4.12. The van der Waals surface area contributed by atoms with Gasteiger partial charge in [0, 0.05) is 16.0 Å². The highest BCUT2D eigenvalue weighted by atomic mass is 79.9. The SMILES string of the molecule is CC(C)(C)OC(=O)N1CCC[C@H]1c1ccc(Cl)cc1Br. The molecule has 1 aromatic carbocycles. The van der Waals surface area contributed by atoms with E-state index in [1.807, 2.05) is 39.0 Å². The summed E-state index contributed by atoms with van der Waals surface area (Å²) in [5, 5.41) is 0.683. The van der Waals surface area contributed by atoms with Crippen molar-refractivity contribution in [2.45, 2.75) is 45.3 Å². The van der Waals surface area contributed by atoms with Gasteiger partial charge < -0.3 is 9.64 Å². The summed E-state index contributed by atoms with van der Waals surface area (Å²) in [6.07, 6.45) is 1.68. The van der Waals surface area contributed by atoms with Crippen LogP contribution in [0.2, 0.25) is 5.02 Å². The molecule has 1 heterocycles. The molecular weight excluding hydrogens is 342 g/mol. The molecule has 0 unspecified atom stereocenters. The van der Waals surface area contributed by atoms with E-state index in [4.69, 9.17) is 16.3 Å². The molecule has 0 aliphatic carbocycles. The maximum atomic E-state index is 12.3. The van der Waals surface area contributed by atoms with Gasteiger partial charge in [0.2, 0.25) is 0 Å². The fourth-order valence-electron chi connectivity index (χ4n) is 2.40. The Morgan fingerprint density at radius 3 is 2.75 bits per heavy atom. The molecule has 0 spiro atoms. The van der Waals surface area contributed by atoms with Crippen molar-refractivity contribution >= 4 is 33.6 Å². The molecule has 0 radical (unpaired) electrons. The van der Waals surface area contributed by atoms with Crippen LogP contribution in [-0.4, -0.2) is 23.1 Å². The number of likely N-dealkylation sites (tertiary alicyclic amines) is 1. The molecule has 1 aromatic rings. The minimum absolute atomic E-state index is 0.0523. The molecule has 0 aromatic heterocycles. The molecule has 0 N–H and O–H groups in total. The second kappa shape index (κ2) is 5.94. The summed E-state index contributed by atoms with van der Waals surface area (Å²) in [5.74, 6) is 0. The first-order valence-corrected chi connectivity index (χ1v) is 7.89. The van der Waals surface area contributed by atoms with Crippen molar-refractivity contribution in [3.8, 4) is 0 Å². The summed E-state index contributed by atoms with van der Waals surface area (Å²) in [7, 11) is 0. The van der Waals surface area contributed by atoms with E-state index in [2.05, 4.69) is 15.9 Å². The highest BCUT2D eigenvalue weighted by Crippen LogP contribution is 2.37. The lowest BCUT2D eigenvalue weighted by atomic mass is 10.0. The molecule has 0 bridgehead atoms. The Hall–Kier alpha value is -0.740. The van der Waals surface area contributed by atoms with E-state index in [1.54, 1.807) is 4.90 Å². The van der Waals surface area contributed by atoms with Gasteiger partial charge in [-0.3, -0.25) is 0 Å². The Labute approximate surface area is 133 Å². The van der Waals surface area contributed by atoms with Crippen LogP contribution in [0.4, 0.5) is 4.79 Å². The molecule has 1 saturated heterocycles. The van der Waals surface area contributed by atoms with Gasteiger partial charge in [-0.1, -0.05) is 33.6 Å². The predicted molar refractivity (Wildman–Crippen MR) is 84.1 cm³/mol. The summed E-state index contributed by atoms with van der Waals surface area (Å²) in [6.45, 7) is 6.38. The van der Waals surface area contributed by atoms with Gasteiger partial charge in [0.15, 0.2) is 0 Å². The Morgan fingerprint density at radius 2 is 2.15 bits per heavy atom. The summed E-state index contributed by atoms with van der Waals surface area (Å²) < 4.78 is 6.42. The average molecular weight is 361 g/mol. The van der Waals surface area contributed by atoms with Gasteiger partial charge in [-0.25, -0.2) is 4.79 Å². The lowest BCUT2D eigenvalue weighted by Gasteiger charge is -2.29. The van der Waals surface area contributed by atoms with Gasteiger partial charge in [-0.15, -0.1) is 0 Å². The van der Waals surface area contributed by atoms with Crippen LogP contribution < -0.4 is 0 Å². The van der Waals surface area contributed by atoms with E-state index in [-0.39, 0.29) is 12.1 Å². The van der Waals surface area contributed by atoms with Gasteiger partial charge >= 0.3 is 6.09 Å². The number of rotatable bonds is 1. The largest absolute Gasteiger partial charge is 0.444 e. The molecule has 1 aliphatic heterocycles. The quantitative estimate of drug-likeness (QED) is 0.691. The van der Waals surface area contributed by atoms with Crippen LogP contribution in [-0.2, 0) is 4.74 Å². The van der Waals surface area contributed by atoms with Crippen LogP contribution in [0.5, 0.6) is 0 Å². The first kappa shape index (κ1) is 15.6. The van der Waals surface area contributed by atoms with Crippen LogP contribution in [0.25, 0.3) is 0 Å². The number of hydrogen-bond donors (Lipinski definition) is 0. The maximum Gasteiger partial charge on any atom is 0.410 e. The Balaban J connectivity index is 2.21. The number of ether oxygens (including phenoxy) is 1. The van der Waals surface area contributed by atoms with Crippen molar-refractivity contribution in [1.29, 1.82) is 0 Å². The van der Waals surface area contributed by atoms with Gasteiger partial charge in [0.1, 0.15) is 5.60 Å². The Kier molecular flexibility index (Phi) is 4.65. The predicted octanol–water partition coefficient (Wildman–Crippen LogP) is 5.17. The van der Waals surface area contributed by atoms with Crippen LogP contribution in [0.1, 0.15) is 45.2 Å². The highest BCUT2D eigenvalue weighted by molar-refractivity contribution is 9.10. The van der Waals surface area contributed by atoms with E-state index in [0.717, 1.165) is 29.4 Å². The molecule has 110 valence electrons. The van der Waals surface area contributed by atoms with E-state index < -0.39 is 5.60 Å². The second-order valence-corrected chi connectivity index (χ2v) is 7.29. The minimum atomic E-state index is -0.471. The standard InChI is InChI=1S/C15H19BrClNO2/c1-15(2,3)20-14(19)18-8-4-5-13(18)11-7-6-10(17)9-12(11)16/h6-7,9,13H,4-5,8H2,1-3H3/t13-/m0/s1. The monoisotopic (exact) mass is 359 g/mol. The van der Waals surface area contributed by atoms with Crippen molar-refractivity contribution in [3.05, 3.63) is 33.3 Å². The molecule has 1 aliphatic rings. The number of benzene rings is 1. The summed E-state index contributed by atoms with van der Waals surface area (Å²) in [5.41, 5.74) is 0.610. The highest BCUT2D eigenvalue weighted by Gasteiger charge is 2.33. The van der Waals surface area contributed by atoms with Crippen LogP contribution >= 0.6 is 27.5 Å². The topological polar surface area (TPSA) is 29.5 Å². The van der Waals surface area contributed by atoms with Gasteiger partial charge in [-0.05, 0) is 51.3 Å². The zero-order valence-corrected chi connectivity index (χ0v) is 14.3. The zero-order chi connectivity index (χ0) is 14.9. The molecule has 0 saturated carbocycles. The van der Waals surface area contributed by atoms with E-state index in [0.29, 0.717) is 5.02 Å². The van der Waals surface area contributed by atoms with Crippen molar-refractivity contribution in [2.75, 3.05) is 6.54 Å². The van der Waals surface area contributed by atoms with Crippen molar-refractivity contribution in [1.82, 2.24) is 4.90 Å². The van der Waals surface area contributed by atoms with E-state index in [9.17, 15) is 4.79 Å². The second-order valence-electron chi connectivity index (χ2n) is 6.00. The number of amides is 1. The van der Waals surface area contributed by atoms with Crippen LogP contribution in [0.15, 0.2) is 22.7 Å². The molecule has 1 amide bonds. The van der Waals surface area contributed by atoms with Crippen LogP contribution in [0, 0.1) is 0 Å². The third kappa shape index (κ3) is 3.67.